The Morgan fingerprint density at radius 2 is 2.13 bits per heavy atom. The molecule has 30 heavy (non-hydrogen) atoms. The predicted molar refractivity (Wildman–Crippen MR) is 115 cm³/mol. The third-order valence-corrected chi connectivity index (χ3v) is 5.84. The maximum absolute atomic E-state index is 13.0. The van der Waals surface area contributed by atoms with Gasteiger partial charge in [-0.1, -0.05) is 6.92 Å². The molecule has 1 aliphatic rings. The normalized spacial score (nSPS) is 15.6. The van der Waals surface area contributed by atoms with Crippen LogP contribution < -0.4 is 15.0 Å². The van der Waals surface area contributed by atoms with Gasteiger partial charge >= 0.3 is 0 Å². The van der Waals surface area contributed by atoms with Crippen molar-refractivity contribution >= 4 is 28.8 Å². The third-order valence-electron chi connectivity index (χ3n) is 4.95. The molecule has 1 unspecified atom stereocenters. The SMILES string of the molecule is CCC1Oc2ccc(-c3nc(C)sc3C)cc2N(CC(=O)NCc2ccco2)C1=O. The highest BCUT2D eigenvalue weighted by molar-refractivity contribution is 7.11. The van der Waals surface area contributed by atoms with Crippen LogP contribution in [0.4, 0.5) is 5.69 Å². The van der Waals surface area contributed by atoms with Crippen LogP contribution in [-0.2, 0) is 16.1 Å². The second kappa shape index (κ2) is 8.31. The first-order valence-corrected chi connectivity index (χ1v) is 10.6. The number of hydrogen-bond acceptors (Lipinski definition) is 6. The summed E-state index contributed by atoms with van der Waals surface area (Å²) in [7, 11) is 0. The summed E-state index contributed by atoms with van der Waals surface area (Å²) < 4.78 is 11.1. The second-order valence-electron chi connectivity index (χ2n) is 7.12. The molecule has 2 aromatic heterocycles. The summed E-state index contributed by atoms with van der Waals surface area (Å²) in [6, 6.07) is 9.21. The number of furan rings is 1. The number of thiazole rings is 1. The smallest absolute Gasteiger partial charge is 0.268 e. The van der Waals surface area contributed by atoms with Crippen molar-refractivity contribution in [3.8, 4) is 17.0 Å². The van der Waals surface area contributed by atoms with Gasteiger partial charge in [-0.2, -0.15) is 0 Å². The minimum Gasteiger partial charge on any atom is -0.478 e. The molecule has 0 aliphatic carbocycles. The fourth-order valence-corrected chi connectivity index (χ4v) is 4.33. The average molecular weight is 426 g/mol. The number of ether oxygens (including phenoxy) is 1. The van der Waals surface area contributed by atoms with E-state index in [4.69, 9.17) is 9.15 Å². The number of aromatic nitrogens is 1. The van der Waals surface area contributed by atoms with E-state index in [0.717, 1.165) is 21.1 Å². The first kappa shape index (κ1) is 20.2. The number of nitrogens with zero attached hydrogens (tertiary/aromatic N) is 2. The number of hydrogen-bond donors (Lipinski definition) is 1. The quantitative estimate of drug-likeness (QED) is 0.649. The molecule has 1 N–H and O–H groups in total. The van der Waals surface area contributed by atoms with Gasteiger partial charge in [-0.15, -0.1) is 11.3 Å². The summed E-state index contributed by atoms with van der Waals surface area (Å²) >= 11 is 1.63. The van der Waals surface area contributed by atoms with Gasteiger partial charge in [-0.05, 0) is 50.6 Å². The highest BCUT2D eigenvalue weighted by Gasteiger charge is 2.34. The Morgan fingerprint density at radius 3 is 2.80 bits per heavy atom. The van der Waals surface area contributed by atoms with Crippen molar-refractivity contribution in [1.82, 2.24) is 10.3 Å². The summed E-state index contributed by atoms with van der Waals surface area (Å²) in [5.41, 5.74) is 2.36. The van der Waals surface area contributed by atoms with Crippen LogP contribution in [0.25, 0.3) is 11.3 Å². The van der Waals surface area contributed by atoms with Gasteiger partial charge in [0.15, 0.2) is 6.10 Å². The molecule has 7 nitrogen and oxygen atoms in total. The standard InChI is InChI=1S/C22H23N3O4S/c1-4-18-22(27)25(12-20(26)23-11-16-6-5-9-28-16)17-10-15(7-8-19(17)29-18)21-13(2)30-14(3)24-21/h5-10,18H,4,11-12H2,1-3H3,(H,23,26). The van der Waals surface area contributed by atoms with Gasteiger partial charge in [0.05, 0.1) is 29.2 Å². The number of fused-ring (bicyclic) bond motifs is 1. The fraction of sp³-hybridized carbons (Fsp3) is 0.318. The van der Waals surface area contributed by atoms with Crippen molar-refractivity contribution in [2.75, 3.05) is 11.4 Å². The second-order valence-corrected chi connectivity index (χ2v) is 8.52. The van der Waals surface area contributed by atoms with Crippen molar-refractivity contribution in [2.45, 2.75) is 39.8 Å². The highest BCUT2D eigenvalue weighted by Crippen LogP contribution is 2.39. The Morgan fingerprint density at radius 1 is 1.30 bits per heavy atom. The van der Waals surface area contributed by atoms with Crippen LogP contribution in [0.2, 0.25) is 0 Å². The number of benzene rings is 1. The highest BCUT2D eigenvalue weighted by atomic mass is 32.1. The molecule has 1 aromatic carbocycles. The van der Waals surface area contributed by atoms with Crippen LogP contribution in [0.3, 0.4) is 0 Å². The minimum absolute atomic E-state index is 0.0923. The summed E-state index contributed by atoms with van der Waals surface area (Å²) in [4.78, 5) is 32.8. The van der Waals surface area contributed by atoms with Gasteiger partial charge in [0.25, 0.3) is 5.91 Å². The molecule has 3 aromatic rings. The first-order valence-electron chi connectivity index (χ1n) is 9.81. The first-order chi connectivity index (χ1) is 14.5. The van der Waals surface area contributed by atoms with Crippen molar-refractivity contribution in [1.29, 1.82) is 0 Å². The Labute approximate surface area is 178 Å². The van der Waals surface area contributed by atoms with Crippen LogP contribution in [0.5, 0.6) is 5.75 Å². The Hall–Kier alpha value is -3.13. The predicted octanol–water partition coefficient (Wildman–Crippen LogP) is 3.84. The van der Waals surface area contributed by atoms with Gasteiger partial charge in [-0.25, -0.2) is 4.98 Å². The Balaban J connectivity index is 1.62. The van der Waals surface area contributed by atoms with Gasteiger partial charge < -0.3 is 14.5 Å². The van der Waals surface area contributed by atoms with E-state index in [1.54, 1.807) is 29.7 Å². The van der Waals surface area contributed by atoms with Crippen molar-refractivity contribution in [3.63, 3.8) is 0 Å². The molecule has 1 aliphatic heterocycles. The number of rotatable bonds is 6. The average Bonchev–Trinajstić information content (AvgIpc) is 3.37. The lowest BCUT2D eigenvalue weighted by atomic mass is 10.1. The molecule has 1 atom stereocenters. The zero-order valence-electron chi connectivity index (χ0n) is 17.1. The lowest BCUT2D eigenvalue weighted by molar-refractivity contribution is -0.129. The summed E-state index contributed by atoms with van der Waals surface area (Å²) in [5, 5.41) is 3.78. The molecule has 0 saturated carbocycles. The van der Waals surface area contributed by atoms with E-state index in [-0.39, 0.29) is 24.9 Å². The fourth-order valence-electron chi connectivity index (χ4n) is 3.49. The van der Waals surface area contributed by atoms with Gasteiger partial charge in [0.2, 0.25) is 5.91 Å². The number of nitrogens with one attached hydrogen (secondary N) is 1. The van der Waals surface area contributed by atoms with Gasteiger partial charge in [0.1, 0.15) is 18.1 Å². The Kier molecular flexibility index (Phi) is 5.59. The number of amides is 2. The largest absolute Gasteiger partial charge is 0.478 e. The summed E-state index contributed by atoms with van der Waals surface area (Å²) in [5.74, 6) is 0.754. The molecule has 4 rings (SSSR count). The molecule has 0 bridgehead atoms. The Bertz CT molecular complexity index is 1070. The summed E-state index contributed by atoms with van der Waals surface area (Å²) in [6.45, 7) is 6.05. The summed E-state index contributed by atoms with van der Waals surface area (Å²) in [6.07, 6.45) is 1.47. The molecular weight excluding hydrogens is 402 g/mol. The zero-order valence-corrected chi connectivity index (χ0v) is 17.9. The van der Waals surface area contributed by atoms with E-state index in [1.165, 1.54) is 4.90 Å². The number of carbonyl (C=O) groups excluding carboxylic acids is 2. The van der Waals surface area contributed by atoms with E-state index in [1.807, 2.05) is 39.0 Å². The molecule has 156 valence electrons. The molecule has 2 amide bonds. The van der Waals surface area contributed by atoms with Crippen LogP contribution in [0.1, 0.15) is 29.0 Å². The molecular formula is C22H23N3O4S. The topological polar surface area (TPSA) is 84.7 Å². The minimum atomic E-state index is -0.607. The van der Waals surface area contributed by atoms with Crippen LogP contribution >= 0.6 is 11.3 Å². The molecule has 0 fully saturated rings. The lowest BCUT2D eigenvalue weighted by Crippen LogP contribution is -2.49. The molecule has 8 heteroatoms. The number of carbonyl (C=O) groups is 2. The lowest BCUT2D eigenvalue weighted by Gasteiger charge is -2.34. The van der Waals surface area contributed by atoms with E-state index in [9.17, 15) is 9.59 Å². The molecule has 0 radical (unpaired) electrons. The van der Waals surface area contributed by atoms with E-state index in [0.29, 0.717) is 23.6 Å². The zero-order chi connectivity index (χ0) is 21.3. The molecule has 0 spiro atoms. The van der Waals surface area contributed by atoms with Crippen molar-refractivity contribution in [3.05, 3.63) is 52.2 Å². The molecule has 0 saturated heterocycles. The van der Waals surface area contributed by atoms with Gasteiger partial charge in [-0.3, -0.25) is 14.5 Å². The van der Waals surface area contributed by atoms with Gasteiger partial charge in [0, 0.05) is 10.4 Å². The maximum Gasteiger partial charge on any atom is 0.268 e. The van der Waals surface area contributed by atoms with E-state index >= 15 is 0 Å². The van der Waals surface area contributed by atoms with Crippen LogP contribution in [0.15, 0.2) is 41.0 Å². The van der Waals surface area contributed by atoms with Crippen LogP contribution in [0, 0.1) is 13.8 Å². The van der Waals surface area contributed by atoms with Crippen molar-refractivity contribution < 1.29 is 18.7 Å². The molecule has 3 heterocycles. The monoisotopic (exact) mass is 425 g/mol. The van der Waals surface area contributed by atoms with E-state index < -0.39 is 6.10 Å². The number of anilines is 1. The number of aryl methyl sites for hydroxylation is 2. The maximum atomic E-state index is 13.0. The van der Waals surface area contributed by atoms with Crippen LogP contribution in [-0.4, -0.2) is 29.4 Å². The van der Waals surface area contributed by atoms with E-state index in [2.05, 4.69) is 10.3 Å². The van der Waals surface area contributed by atoms with Crippen molar-refractivity contribution in [2.24, 2.45) is 0 Å². The third kappa shape index (κ3) is 3.95.